The zero-order valence-electron chi connectivity index (χ0n) is 13.3. The maximum Gasteiger partial charge on any atom is 0.224 e. The zero-order valence-corrected chi connectivity index (χ0v) is 13.3. The molecule has 0 bridgehead atoms. The Balaban J connectivity index is 2.68. The minimum Gasteiger partial charge on any atom is -0.357 e. The Kier molecular flexibility index (Phi) is 8.21. The second-order valence-corrected chi connectivity index (χ2v) is 4.75. The van der Waals surface area contributed by atoms with E-state index in [9.17, 15) is 4.79 Å². The first-order valence-corrected chi connectivity index (χ1v) is 7.54. The van der Waals surface area contributed by atoms with E-state index in [2.05, 4.69) is 26.9 Å². The second kappa shape index (κ2) is 10.3. The molecular formula is C17H24N4O. The molecular weight excluding hydrogens is 276 g/mol. The molecule has 0 aliphatic heterocycles. The van der Waals surface area contributed by atoms with Crippen LogP contribution in [0.25, 0.3) is 0 Å². The first kappa shape index (κ1) is 17.6. The van der Waals surface area contributed by atoms with E-state index in [1.54, 1.807) is 0 Å². The number of nitrogens with one attached hydrogen (secondary N) is 3. The van der Waals surface area contributed by atoms with E-state index in [1.165, 1.54) is 0 Å². The van der Waals surface area contributed by atoms with E-state index in [0.29, 0.717) is 25.5 Å². The zero-order chi connectivity index (χ0) is 16.2. The van der Waals surface area contributed by atoms with Crippen molar-refractivity contribution in [3.8, 4) is 12.3 Å². The second-order valence-electron chi connectivity index (χ2n) is 4.75. The van der Waals surface area contributed by atoms with Crippen LogP contribution in [0.15, 0.2) is 29.3 Å². The molecule has 0 unspecified atom stereocenters. The van der Waals surface area contributed by atoms with Gasteiger partial charge >= 0.3 is 0 Å². The highest BCUT2D eigenvalue weighted by molar-refractivity contribution is 5.90. The lowest BCUT2D eigenvalue weighted by Crippen LogP contribution is -2.37. The Morgan fingerprint density at radius 2 is 2.14 bits per heavy atom. The van der Waals surface area contributed by atoms with E-state index >= 15 is 0 Å². The Morgan fingerprint density at radius 3 is 2.82 bits per heavy atom. The summed E-state index contributed by atoms with van der Waals surface area (Å²) in [6.07, 6.45) is 6.60. The molecule has 22 heavy (non-hydrogen) atoms. The molecule has 5 heteroatoms. The molecule has 1 aromatic carbocycles. The van der Waals surface area contributed by atoms with Crippen molar-refractivity contribution >= 4 is 17.6 Å². The molecule has 118 valence electrons. The minimum atomic E-state index is 0.0344. The van der Waals surface area contributed by atoms with Gasteiger partial charge in [0.25, 0.3) is 0 Å². The topological polar surface area (TPSA) is 65.5 Å². The average molecular weight is 300 g/mol. The summed E-state index contributed by atoms with van der Waals surface area (Å²) < 4.78 is 0. The molecule has 0 radical (unpaired) electrons. The van der Waals surface area contributed by atoms with Gasteiger partial charge in [-0.2, -0.15) is 0 Å². The Bertz CT molecular complexity index is 546. The van der Waals surface area contributed by atoms with Crippen LogP contribution in [0.1, 0.15) is 32.3 Å². The fraction of sp³-hybridized carbons (Fsp3) is 0.412. The summed E-state index contributed by atoms with van der Waals surface area (Å²) in [6.45, 7) is 5.69. The van der Waals surface area contributed by atoms with Crippen LogP contribution in [-0.4, -0.2) is 25.0 Å². The van der Waals surface area contributed by atoms with Crippen LogP contribution in [0.4, 0.5) is 5.69 Å². The van der Waals surface area contributed by atoms with Gasteiger partial charge in [0.1, 0.15) is 0 Å². The number of hydrogen-bond donors (Lipinski definition) is 3. The highest BCUT2D eigenvalue weighted by atomic mass is 16.1. The lowest BCUT2D eigenvalue weighted by Gasteiger charge is -2.09. The number of benzene rings is 1. The number of hydrogen-bond acceptors (Lipinski definition) is 2. The fourth-order valence-corrected chi connectivity index (χ4v) is 1.84. The first-order chi connectivity index (χ1) is 10.7. The van der Waals surface area contributed by atoms with Crippen molar-refractivity contribution in [1.82, 2.24) is 10.6 Å². The third-order valence-corrected chi connectivity index (χ3v) is 2.81. The Hall–Kier alpha value is -2.48. The van der Waals surface area contributed by atoms with Gasteiger partial charge in [0.15, 0.2) is 5.96 Å². The minimum absolute atomic E-state index is 0.0344. The highest BCUT2D eigenvalue weighted by Crippen LogP contribution is 2.12. The molecule has 1 aromatic rings. The number of aliphatic imine (C=N–C) groups is 1. The van der Waals surface area contributed by atoms with Crippen molar-refractivity contribution in [2.75, 3.05) is 18.4 Å². The summed E-state index contributed by atoms with van der Waals surface area (Å²) in [7, 11) is 0. The normalized spacial score (nSPS) is 10.7. The SMILES string of the molecule is C#CCNC(=NCc1cccc(NC(=O)CCC)c1)NCC. The number of anilines is 1. The van der Waals surface area contributed by atoms with Gasteiger partial charge in [0, 0.05) is 18.7 Å². The molecule has 0 spiro atoms. The standard InChI is InChI=1S/C17H24N4O/c1-4-8-16(22)21-15-10-7-9-14(12-15)13-20-17(18-6-3)19-11-5-2/h2,7,9-10,12H,4,6,8,11,13H2,1,3H3,(H,21,22)(H2,18,19,20). The van der Waals surface area contributed by atoms with Crippen LogP contribution in [0, 0.1) is 12.3 Å². The summed E-state index contributed by atoms with van der Waals surface area (Å²) in [4.78, 5) is 16.1. The third kappa shape index (κ3) is 6.80. The van der Waals surface area contributed by atoms with Crippen molar-refractivity contribution in [2.45, 2.75) is 33.2 Å². The van der Waals surface area contributed by atoms with Gasteiger partial charge in [-0.3, -0.25) is 4.79 Å². The van der Waals surface area contributed by atoms with Crippen LogP contribution >= 0.6 is 0 Å². The summed E-state index contributed by atoms with van der Waals surface area (Å²) in [5, 5.41) is 9.05. The maximum absolute atomic E-state index is 11.6. The predicted octanol–water partition coefficient (Wildman–Crippen LogP) is 2.11. The largest absolute Gasteiger partial charge is 0.357 e. The summed E-state index contributed by atoms with van der Waals surface area (Å²) >= 11 is 0. The number of rotatable bonds is 7. The van der Waals surface area contributed by atoms with Gasteiger partial charge in [0.05, 0.1) is 13.1 Å². The Morgan fingerprint density at radius 1 is 1.32 bits per heavy atom. The molecule has 1 amide bonds. The molecule has 0 fully saturated rings. The van der Waals surface area contributed by atoms with E-state index in [-0.39, 0.29) is 5.91 Å². The lowest BCUT2D eigenvalue weighted by atomic mass is 10.2. The number of carbonyl (C=O) groups is 1. The summed E-state index contributed by atoms with van der Waals surface area (Å²) in [5.74, 6) is 3.23. The molecule has 0 saturated carbocycles. The summed E-state index contributed by atoms with van der Waals surface area (Å²) in [6, 6.07) is 7.70. The predicted molar refractivity (Wildman–Crippen MR) is 91.6 cm³/mol. The first-order valence-electron chi connectivity index (χ1n) is 7.54. The summed E-state index contributed by atoms with van der Waals surface area (Å²) in [5.41, 5.74) is 1.82. The molecule has 0 aliphatic rings. The quantitative estimate of drug-likeness (QED) is 0.410. The molecule has 3 N–H and O–H groups in total. The molecule has 1 rings (SSSR count). The van der Waals surface area contributed by atoms with Crippen molar-refractivity contribution in [3.63, 3.8) is 0 Å². The maximum atomic E-state index is 11.6. The van der Waals surface area contributed by atoms with Gasteiger partial charge < -0.3 is 16.0 Å². The van der Waals surface area contributed by atoms with Crippen LogP contribution in [0.2, 0.25) is 0 Å². The lowest BCUT2D eigenvalue weighted by molar-refractivity contribution is -0.116. The van der Waals surface area contributed by atoms with Crippen LogP contribution in [0.5, 0.6) is 0 Å². The molecule has 5 nitrogen and oxygen atoms in total. The third-order valence-electron chi connectivity index (χ3n) is 2.81. The monoisotopic (exact) mass is 300 g/mol. The van der Waals surface area contributed by atoms with Crippen molar-refractivity contribution in [3.05, 3.63) is 29.8 Å². The number of guanidine groups is 1. The van der Waals surface area contributed by atoms with Crippen molar-refractivity contribution < 1.29 is 4.79 Å². The Labute approximate surface area is 132 Å². The average Bonchev–Trinajstić information content (AvgIpc) is 2.50. The van der Waals surface area contributed by atoms with E-state index in [1.807, 2.05) is 38.1 Å². The van der Waals surface area contributed by atoms with Gasteiger partial charge in [-0.25, -0.2) is 4.99 Å². The van der Waals surface area contributed by atoms with E-state index in [0.717, 1.165) is 24.2 Å². The fourth-order valence-electron chi connectivity index (χ4n) is 1.84. The van der Waals surface area contributed by atoms with Crippen LogP contribution in [0.3, 0.4) is 0 Å². The molecule has 0 aliphatic carbocycles. The molecule has 0 saturated heterocycles. The van der Waals surface area contributed by atoms with E-state index in [4.69, 9.17) is 6.42 Å². The number of amides is 1. The van der Waals surface area contributed by atoms with Crippen LogP contribution in [-0.2, 0) is 11.3 Å². The van der Waals surface area contributed by atoms with Gasteiger partial charge in [-0.1, -0.05) is 25.0 Å². The molecule has 0 aromatic heterocycles. The van der Waals surface area contributed by atoms with Crippen molar-refractivity contribution in [1.29, 1.82) is 0 Å². The number of terminal acetylenes is 1. The number of nitrogens with zero attached hydrogens (tertiary/aromatic N) is 1. The molecule has 0 heterocycles. The molecule has 0 atom stereocenters. The van der Waals surface area contributed by atoms with E-state index < -0.39 is 0 Å². The highest BCUT2D eigenvalue weighted by Gasteiger charge is 2.02. The van der Waals surface area contributed by atoms with Gasteiger partial charge in [0.2, 0.25) is 5.91 Å². The number of carbonyl (C=O) groups excluding carboxylic acids is 1. The van der Waals surface area contributed by atoms with Crippen LogP contribution < -0.4 is 16.0 Å². The van der Waals surface area contributed by atoms with Gasteiger partial charge in [-0.15, -0.1) is 6.42 Å². The van der Waals surface area contributed by atoms with Crippen molar-refractivity contribution in [2.24, 2.45) is 4.99 Å². The smallest absolute Gasteiger partial charge is 0.224 e. The van der Waals surface area contributed by atoms with Gasteiger partial charge in [-0.05, 0) is 31.0 Å².